The number of piperazine rings is 1. The zero-order valence-corrected chi connectivity index (χ0v) is 20.7. The van der Waals surface area contributed by atoms with Crippen LogP contribution in [-0.2, 0) is 16.0 Å². The molecule has 2 heterocycles. The van der Waals surface area contributed by atoms with Gasteiger partial charge in [-0.3, -0.25) is 14.6 Å². The Morgan fingerprint density at radius 2 is 1.67 bits per heavy atom. The number of nitrogens with two attached hydrogens (primary N) is 1. The Morgan fingerprint density at radius 3 is 2.33 bits per heavy atom. The van der Waals surface area contributed by atoms with Crippen molar-refractivity contribution in [1.82, 2.24) is 14.7 Å². The molecule has 33 heavy (non-hydrogen) atoms. The molecule has 1 aromatic carbocycles. The molecule has 3 aliphatic rings. The van der Waals surface area contributed by atoms with Crippen molar-refractivity contribution in [1.29, 1.82) is 0 Å². The molecule has 0 bridgehead atoms. The number of hydrogen-bond donors (Lipinski definition) is 1. The molecular weight excluding hydrogens is 436 g/mol. The van der Waals surface area contributed by atoms with Gasteiger partial charge in [0.15, 0.2) is 0 Å². The minimum Gasteiger partial charge on any atom is -0.379 e. The zero-order chi connectivity index (χ0) is 23.0. The third-order valence-electron chi connectivity index (χ3n) is 7.73. The Morgan fingerprint density at radius 1 is 1.00 bits per heavy atom. The van der Waals surface area contributed by atoms with Crippen molar-refractivity contribution in [2.24, 2.45) is 11.7 Å². The van der Waals surface area contributed by atoms with E-state index < -0.39 is 6.04 Å². The first-order valence-corrected chi connectivity index (χ1v) is 13.3. The Kier molecular flexibility index (Phi) is 9.44. The first-order chi connectivity index (χ1) is 16.1. The van der Waals surface area contributed by atoms with Crippen LogP contribution in [0, 0.1) is 5.92 Å². The van der Waals surface area contributed by atoms with Crippen LogP contribution in [0.5, 0.6) is 0 Å². The second-order valence-corrected chi connectivity index (χ2v) is 10.5. The summed E-state index contributed by atoms with van der Waals surface area (Å²) in [6.07, 6.45) is 8.81. The summed E-state index contributed by atoms with van der Waals surface area (Å²) in [7, 11) is 0. The quantitative estimate of drug-likeness (QED) is 0.624. The van der Waals surface area contributed by atoms with Gasteiger partial charge in [0.1, 0.15) is 0 Å². The Hall–Kier alpha value is -1.18. The average Bonchev–Trinajstić information content (AvgIpc) is 2.86. The fraction of sp³-hybridized carbons (Fsp3) is 0.731. The van der Waals surface area contributed by atoms with Crippen LogP contribution in [-0.4, -0.2) is 91.7 Å². The monoisotopic (exact) mass is 476 g/mol. The predicted octanol–water partition coefficient (Wildman–Crippen LogP) is 3.03. The van der Waals surface area contributed by atoms with Gasteiger partial charge >= 0.3 is 0 Å². The topological polar surface area (TPSA) is 62.0 Å². The number of carbonyl (C=O) groups is 1. The molecule has 2 saturated heterocycles. The van der Waals surface area contributed by atoms with E-state index in [0.29, 0.717) is 17.5 Å². The summed E-state index contributed by atoms with van der Waals surface area (Å²) in [5.41, 5.74) is 7.36. The molecule has 7 heteroatoms. The molecule has 3 fully saturated rings. The number of carbonyl (C=O) groups excluding carboxylic acids is 1. The van der Waals surface area contributed by atoms with Crippen molar-refractivity contribution in [3.8, 4) is 0 Å². The van der Waals surface area contributed by atoms with Crippen LogP contribution >= 0.6 is 11.6 Å². The normalized spacial score (nSPS) is 23.4. The molecule has 2 atom stereocenters. The maximum Gasteiger partial charge on any atom is 0.239 e. The van der Waals surface area contributed by atoms with Gasteiger partial charge in [-0.05, 0) is 36.5 Å². The van der Waals surface area contributed by atoms with E-state index in [4.69, 9.17) is 22.1 Å². The van der Waals surface area contributed by atoms with E-state index in [0.717, 1.165) is 70.5 Å². The van der Waals surface area contributed by atoms with Crippen molar-refractivity contribution >= 4 is 17.5 Å². The van der Waals surface area contributed by atoms with E-state index in [1.807, 2.05) is 29.2 Å². The van der Waals surface area contributed by atoms with Crippen molar-refractivity contribution in [2.75, 3.05) is 59.0 Å². The fourth-order valence-electron chi connectivity index (χ4n) is 5.73. The number of amides is 1. The number of benzene rings is 1. The maximum absolute atomic E-state index is 13.0. The smallest absolute Gasteiger partial charge is 0.239 e. The van der Waals surface area contributed by atoms with Gasteiger partial charge in [-0.2, -0.15) is 0 Å². The van der Waals surface area contributed by atoms with E-state index in [1.165, 1.54) is 38.5 Å². The number of hydrogen-bond acceptors (Lipinski definition) is 5. The van der Waals surface area contributed by atoms with Crippen molar-refractivity contribution in [2.45, 2.75) is 57.0 Å². The van der Waals surface area contributed by atoms with Gasteiger partial charge in [-0.1, -0.05) is 55.8 Å². The van der Waals surface area contributed by atoms with Crippen LogP contribution in [0.2, 0.25) is 5.02 Å². The van der Waals surface area contributed by atoms with E-state index in [9.17, 15) is 4.79 Å². The highest BCUT2D eigenvalue weighted by Gasteiger charge is 2.31. The molecule has 1 aliphatic carbocycles. The molecule has 6 nitrogen and oxygen atoms in total. The van der Waals surface area contributed by atoms with Gasteiger partial charge in [-0.15, -0.1) is 0 Å². The number of rotatable bonds is 8. The maximum atomic E-state index is 13.0. The molecule has 1 amide bonds. The lowest BCUT2D eigenvalue weighted by molar-refractivity contribution is -0.134. The van der Waals surface area contributed by atoms with Crippen molar-refractivity contribution in [3.05, 3.63) is 34.9 Å². The van der Waals surface area contributed by atoms with Crippen molar-refractivity contribution < 1.29 is 9.53 Å². The summed E-state index contributed by atoms with van der Waals surface area (Å²) in [5.74, 6) is 0.929. The van der Waals surface area contributed by atoms with Gasteiger partial charge in [-0.25, -0.2) is 0 Å². The molecular formula is C26H41ClN4O2. The molecule has 2 N–H and O–H groups in total. The largest absolute Gasteiger partial charge is 0.379 e. The van der Waals surface area contributed by atoms with Crippen LogP contribution in [0.15, 0.2) is 24.3 Å². The van der Waals surface area contributed by atoms with E-state index in [-0.39, 0.29) is 5.91 Å². The summed E-state index contributed by atoms with van der Waals surface area (Å²) >= 11 is 5.97. The molecule has 2 unspecified atom stereocenters. The first kappa shape index (κ1) is 24.9. The van der Waals surface area contributed by atoms with Crippen LogP contribution in [0.1, 0.15) is 44.1 Å². The number of morpholine rings is 1. The van der Waals surface area contributed by atoms with Gasteiger partial charge in [0, 0.05) is 56.9 Å². The lowest BCUT2D eigenvalue weighted by Gasteiger charge is -2.43. The summed E-state index contributed by atoms with van der Waals surface area (Å²) < 4.78 is 5.57. The third kappa shape index (κ3) is 7.40. The summed E-state index contributed by atoms with van der Waals surface area (Å²) in [6, 6.07) is 7.70. The Bertz CT molecular complexity index is 706. The minimum atomic E-state index is -0.496. The number of ether oxygens (including phenoxy) is 1. The Balaban J connectivity index is 1.30. The fourth-order valence-corrected chi connectivity index (χ4v) is 5.86. The SMILES string of the molecule is NC(Cc1ccc(Cl)cc1)C(=O)N1CCN(C(CC2CCCCC2)CN2CCOCC2)CC1. The lowest BCUT2D eigenvalue weighted by atomic mass is 9.84. The molecule has 4 rings (SSSR count). The van der Waals surface area contributed by atoms with E-state index >= 15 is 0 Å². The lowest BCUT2D eigenvalue weighted by Crippen LogP contribution is -2.57. The second kappa shape index (κ2) is 12.5. The van der Waals surface area contributed by atoms with Crippen molar-refractivity contribution in [3.63, 3.8) is 0 Å². The minimum absolute atomic E-state index is 0.0709. The Labute approximate surface area is 204 Å². The molecule has 1 saturated carbocycles. The molecule has 184 valence electrons. The molecule has 2 aliphatic heterocycles. The van der Waals surface area contributed by atoms with Crippen LogP contribution < -0.4 is 5.73 Å². The highest BCUT2D eigenvalue weighted by Crippen LogP contribution is 2.29. The van der Waals surface area contributed by atoms with Gasteiger partial charge < -0.3 is 15.4 Å². The molecule has 0 spiro atoms. The van der Waals surface area contributed by atoms with Crippen LogP contribution in [0.3, 0.4) is 0 Å². The van der Waals surface area contributed by atoms with Gasteiger partial charge in [0.25, 0.3) is 0 Å². The number of nitrogens with zero attached hydrogens (tertiary/aromatic N) is 3. The van der Waals surface area contributed by atoms with E-state index in [1.54, 1.807) is 0 Å². The summed E-state index contributed by atoms with van der Waals surface area (Å²) in [5, 5.41) is 0.703. The highest BCUT2D eigenvalue weighted by atomic mass is 35.5. The van der Waals surface area contributed by atoms with Crippen LogP contribution in [0.4, 0.5) is 0 Å². The predicted molar refractivity (Wildman–Crippen MR) is 134 cm³/mol. The van der Waals surface area contributed by atoms with Crippen LogP contribution in [0.25, 0.3) is 0 Å². The third-order valence-corrected chi connectivity index (χ3v) is 7.98. The summed E-state index contributed by atoms with van der Waals surface area (Å²) in [4.78, 5) is 20.2. The van der Waals surface area contributed by atoms with E-state index in [2.05, 4.69) is 9.80 Å². The average molecular weight is 477 g/mol. The zero-order valence-electron chi connectivity index (χ0n) is 20.0. The van der Waals surface area contributed by atoms with Gasteiger partial charge in [0.2, 0.25) is 5.91 Å². The second-order valence-electron chi connectivity index (χ2n) is 10.1. The first-order valence-electron chi connectivity index (χ1n) is 12.9. The molecule has 0 radical (unpaired) electrons. The highest BCUT2D eigenvalue weighted by molar-refractivity contribution is 6.30. The number of halogens is 1. The summed E-state index contributed by atoms with van der Waals surface area (Å²) in [6.45, 7) is 8.35. The standard InChI is InChI=1S/C26H41ClN4O2/c27-23-8-6-22(7-9-23)19-25(28)26(32)31-12-10-30(11-13-31)24(18-21-4-2-1-3-5-21)20-29-14-16-33-17-15-29/h6-9,21,24-25H,1-5,10-20,28H2. The molecule has 0 aromatic heterocycles. The molecule has 1 aromatic rings. The van der Waals surface area contributed by atoms with Gasteiger partial charge in [0.05, 0.1) is 19.3 Å².